The molecule has 1 amide bonds. The number of ether oxygens (including phenoxy) is 1. The van der Waals surface area contributed by atoms with Gasteiger partial charge in [0.15, 0.2) is 0 Å². The number of halogens is 1. The van der Waals surface area contributed by atoms with E-state index in [1.165, 1.54) is 6.08 Å². The highest BCUT2D eigenvalue weighted by Gasteiger charge is 2.28. The van der Waals surface area contributed by atoms with Gasteiger partial charge in [-0.05, 0) is 27.2 Å². The van der Waals surface area contributed by atoms with Crippen LogP contribution in [0.4, 0.5) is 4.79 Å². The molecule has 0 rings (SSSR count). The Kier molecular flexibility index (Phi) is 7.27. The lowest BCUT2D eigenvalue weighted by molar-refractivity contribution is -0.142. The molecule has 18 heavy (non-hydrogen) atoms. The quantitative estimate of drug-likeness (QED) is 0.429. The maximum absolute atomic E-state index is 11.6. The van der Waals surface area contributed by atoms with Crippen molar-refractivity contribution in [2.75, 3.05) is 4.43 Å². The lowest BCUT2D eigenvalue weighted by Gasteiger charge is -2.25. The summed E-state index contributed by atoms with van der Waals surface area (Å²) in [6.45, 7) is 8.80. The van der Waals surface area contributed by atoms with Crippen LogP contribution in [0.3, 0.4) is 0 Å². The molecule has 0 aromatic carbocycles. The van der Waals surface area contributed by atoms with Crippen molar-refractivity contribution in [1.29, 1.82) is 0 Å². The SMILES string of the molecule is C=C[C@H](NC(=O)OC(C)(C)C)C(CCI)C(=O)O. The third kappa shape index (κ3) is 6.83. The maximum atomic E-state index is 11.6. The summed E-state index contributed by atoms with van der Waals surface area (Å²) in [6.07, 6.45) is 1.25. The minimum Gasteiger partial charge on any atom is -0.481 e. The van der Waals surface area contributed by atoms with Crippen LogP contribution in [0, 0.1) is 5.92 Å². The summed E-state index contributed by atoms with van der Waals surface area (Å²) in [6, 6.07) is -0.632. The zero-order chi connectivity index (χ0) is 14.3. The van der Waals surface area contributed by atoms with E-state index in [4.69, 9.17) is 9.84 Å². The number of carbonyl (C=O) groups is 2. The van der Waals surface area contributed by atoms with Crippen molar-refractivity contribution < 1.29 is 19.4 Å². The second-order valence-electron chi connectivity index (χ2n) is 4.83. The fourth-order valence-electron chi connectivity index (χ4n) is 1.34. The molecule has 5 nitrogen and oxygen atoms in total. The van der Waals surface area contributed by atoms with Gasteiger partial charge in [0.1, 0.15) is 5.60 Å². The zero-order valence-electron chi connectivity index (χ0n) is 10.9. The Morgan fingerprint density at radius 2 is 2.06 bits per heavy atom. The molecule has 1 unspecified atom stereocenters. The summed E-state index contributed by atoms with van der Waals surface area (Å²) in [5.74, 6) is -1.64. The third-order valence-corrected chi connectivity index (χ3v) is 2.73. The first-order valence-electron chi connectivity index (χ1n) is 5.62. The first-order chi connectivity index (χ1) is 8.21. The zero-order valence-corrected chi connectivity index (χ0v) is 13.1. The van der Waals surface area contributed by atoms with Gasteiger partial charge in [-0.1, -0.05) is 28.7 Å². The van der Waals surface area contributed by atoms with Crippen LogP contribution in [0.15, 0.2) is 12.7 Å². The van der Waals surface area contributed by atoms with Crippen molar-refractivity contribution in [3.8, 4) is 0 Å². The Labute approximate surface area is 121 Å². The molecule has 0 saturated carbocycles. The Bertz CT molecular complexity index is 312. The lowest BCUT2D eigenvalue weighted by atomic mass is 9.97. The monoisotopic (exact) mass is 369 g/mol. The Morgan fingerprint density at radius 3 is 2.39 bits per heavy atom. The van der Waals surface area contributed by atoms with E-state index in [-0.39, 0.29) is 0 Å². The number of alkyl carbamates (subject to hydrolysis) is 1. The number of carboxylic acids is 1. The number of nitrogens with one attached hydrogen (secondary N) is 1. The van der Waals surface area contributed by atoms with E-state index >= 15 is 0 Å². The van der Waals surface area contributed by atoms with Crippen molar-refractivity contribution in [1.82, 2.24) is 5.32 Å². The number of amides is 1. The van der Waals surface area contributed by atoms with Crippen molar-refractivity contribution in [2.24, 2.45) is 5.92 Å². The summed E-state index contributed by atoms with van der Waals surface area (Å²) in [5, 5.41) is 11.6. The maximum Gasteiger partial charge on any atom is 0.408 e. The molecule has 0 fully saturated rings. The molecule has 0 aromatic rings. The Hall–Kier alpha value is -0.790. The lowest BCUT2D eigenvalue weighted by Crippen LogP contribution is -2.44. The van der Waals surface area contributed by atoms with Gasteiger partial charge in [-0.3, -0.25) is 4.79 Å². The van der Waals surface area contributed by atoms with Crippen molar-refractivity contribution in [3.63, 3.8) is 0 Å². The van der Waals surface area contributed by atoms with Crippen molar-refractivity contribution >= 4 is 34.7 Å². The van der Waals surface area contributed by atoms with E-state index in [1.807, 2.05) is 0 Å². The van der Waals surface area contributed by atoms with Crippen molar-refractivity contribution in [2.45, 2.75) is 38.8 Å². The van der Waals surface area contributed by atoms with E-state index < -0.39 is 29.6 Å². The number of carbonyl (C=O) groups excluding carboxylic acids is 1. The number of aliphatic carboxylic acids is 1. The minimum atomic E-state index is -0.951. The summed E-state index contributed by atoms with van der Waals surface area (Å²) in [5.41, 5.74) is -0.613. The van der Waals surface area contributed by atoms with Crippen LogP contribution in [-0.2, 0) is 9.53 Å². The summed E-state index contributed by atoms with van der Waals surface area (Å²) in [4.78, 5) is 22.7. The minimum absolute atomic E-state index is 0.461. The molecular weight excluding hydrogens is 349 g/mol. The van der Waals surface area contributed by atoms with Crippen LogP contribution in [0.5, 0.6) is 0 Å². The highest BCUT2D eigenvalue weighted by molar-refractivity contribution is 14.1. The van der Waals surface area contributed by atoms with Gasteiger partial charge in [-0.25, -0.2) is 4.79 Å². The molecule has 104 valence electrons. The third-order valence-electron chi connectivity index (χ3n) is 2.11. The van der Waals surface area contributed by atoms with Gasteiger partial charge in [-0.15, -0.1) is 6.58 Å². The fourth-order valence-corrected chi connectivity index (χ4v) is 2.01. The normalized spacial score (nSPS) is 14.4. The second kappa shape index (κ2) is 7.60. The fraction of sp³-hybridized carbons (Fsp3) is 0.667. The number of hydrogen-bond acceptors (Lipinski definition) is 3. The molecule has 0 aliphatic heterocycles. The molecule has 0 heterocycles. The summed E-state index contributed by atoms with van der Waals surface area (Å²) in [7, 11) is 0. The Balaban J connectivity index is 4.62. The van der Waals surface area contributed by atoms with Crippen LogP contribution < -0.4 is 5.32 Å². The molecule has 0 spiro atoms. The standard InChI is InChI=1S/C12H20INO4/c1-5-9(8(6-7-13)10(15)16)14-11(17)18-12(2,3)4/h5,8-9H,1,6-7H2,2-4H3,(H,14,17)(H,15,16)/t8?,9-/m0/s1. The van der Waals surface area contributed by atoms with Gasteiger partial charge in [0.25, 0.3) is 0 Å². The van der Waals surface area contributed by atoms with E-state index in [1.54, 1.807) is 20.8 Å². The largest absolute Gasteiger partial charge is 0.481 e. The molecule has 0 bridgehead atoms. The van der Waals surface area contributed by atoms with E-state index in [9.17, 15) is 9.59 Å². The average Bonchev–Trinajstić information content (AvgIpc) is 2.20. The van der Waals surface area contributed by atoms with Gasteiger partial charge >= 0.3 is 12.1 Å². The smallest absolute Gasteiger partial charge is 0.408 e. The van der Waals surface area contributed by atoms with Crippen LogP contribution >= 0.6 is 22.6 Å². The van der Waals surface area contributed by atoms with Crippen LogP contribution in [0.1, 0.15) is 27.2 Å². The van der Waals surface area contributed by atoms with E-state index in [2.05, 4.69) is 34.5 Å². The first-order valence-corrected chi connectivity index (χ1v) is 7.14. The summed E-state index contributed by atoms with van der Waals surface area (Å²) < 4.78 is 5.77. The molecule has 0 saturated heterocycles. The van der Waals surface area contributed by atoms with Gasteiger partial charge in [0.2, 0.25) is 0 Å². The molecule has 0 radical (unpaired) electrons. The van der Waals surface area contributed by atoms with Crippen LogP contribution in [0.25, 0.3) is 0 Å². The number of rotatable bonds is 6. The topological polar surface area (TPSA) is 75.6 Å². The van der Waals surface area contributed by atoms with Gasteiger partial charge in [0.05, 0.1) is 12.0 Å². The number of alkyl halides is 1. The van der Waals surface area contributed by atoms with E-state index in [0.29, 0.717) is 10.8 Å². The van der Waals surface area contributed by atoms with Crippen LogP contribution in [-0.4, -0.2) is 33.2 Å². The first kappa shape index (κ1) is 17.2. The van der Waals surface area contributed by atoms with Crippen LogP contribution in [0.2, 0.25) is 0 Å². The van der Waals surface area contributed by atoms with Gasteiger partial charge < -0.3 is 15.2 Å². The molecule has 2 N–H and O–H groups in total. The van der Waals surface area contributed by atoms with Gasteiger partial charge in [0, 0.05) is 4.43 Å². The molecular formula is C12H20INO4. The average molecular weight is 369 g/mol. The second-order valence-corrected chi connectivity index (χ2v) is 5.91. The van der Waals surface area contributed by atoms with Gasteiger partial charge in [-0.2, -0.15) is 0 Å². The molecule has 0 aromatic heterocycles. The summed E-state index contributed by atoms with van der Waals surface area (Å²) >= 11 is 2.10. The number of carboxylic acid groups (broad SMARTS) is 1. The van der Waals surface area contributed by atoms with Crippen molar-refractivity contribution in [3.05, 3.63) is 12.7 Å². The molecule has 2 atom stereocenters. The molecule has 0 aliphatic carbocycles. The highest BCUT2D eigenvalue weighted by Crippen LogP contribution is 2.14. The molecule has 6 heteroatoms. The highest BCUT2D eigenvalue weighted by atomic mass is 127. The predicted octanol–water partition coefficient (Wildman–Crippen LogP) is 2.59. The molecule has 0 aliphatic rings. The Morgan fingerprint density at radius 1 is 1.50 bits per heavy atom. The number of hydrogen-bond donors (Lipinski definition) is 2. The predicted molar refractivity (Wildman–Crippen MR) is 78.0 cm³/mol. The van der Waals surface area contributed by atoms with E-state index in [0.717, 1.165) is 0 Å².